The Morgan fingerprint density at radius 3 is 2.18 bits per heavy atom. The van der Waals surface area contributed by atoms with Crippen molar-refractivity contribution in [2.45, 2.75) is 0 Å². The van der Waals surface area contributed by atoms with Crippen molar-refractivity contribution in [3.05, 3.63) is 24.8 Å². The predicted molar refractivity (Wildman–Crippen MR) is 38.1 cm³/mol. The third-order valence-corrected chi connectivity index (χ3v) is 0.985. The summed E-state index contributed by atoms with van der Waals surface area (Å²) in [6.07, 6.45) is 2.99. The van der Waals surface area contributed by atoms with E-state index in [2.05, 4.69) is 6.58 Å². The minimum absolute atomic E-state index is 0.778. The molecule has 0 aliphatic rings. The van der Waals surface area contributed by atoms with Crippen molar-refractivity contribution in [1.82, 2.24) is 0 Å². The van der Waals surface area contributed by atoms with E-state index in [1.165, 1.54) is 0 Å². The van der Waals surface area contributed by atoms with Crippen LogP contribution in [0.15, 0.2) is 24.8 Å². The minimum atomic E-state index is -1.17. The maximum atomic E-state index is 10.2. The van der Waals surface area contributed by atoms with Crippen molar-refractivity contribution in [3.63, 3.8) is 0 Å². The normalized spacial score (nSPS) is 12.7. The predicted octanol–water partition coefficient (Wildman–Crippen LogP) is 0.514. The van der Waals surface area contributed by atoms with Gasteiger partial charge in [-0.05, 0) is 0 Å². The lowest BCUT2D eigenvalue weighted by Gasteiger charge is -1.96. The van der Waals surface area contributed by atoms with E-state index in [4.69, 9.17) is 10.2 Å². The lowest BCUT2D eigenvalue weighted by Crippen LogP contribution is -2.07. The van der Waals surface area contributed by atoms with E-state index >= 15 is 0 Å². The molecule has 1 atom stereocenters. The second-order valence-corrected chi connectivity index (χ2v) is 1.80. The Hall–Kier alpha value is -1.58. The van der Waals surface area contributed by atoms with E-state index in [-0.39, 0.29) is 0 Å². The first-order valence-corrected chi connectivity index (χ1v) is 2.84. The first-order valence-electron chi connectivity index (χ1n) is 2.84. The van der Waals surface area contributed by atoms with Crippen molar-refractivity contribution >= 4 is 11.9 Å². The molecule has 0 bridgehead atoms. The van der Waals surface area contributed by atoms with E-state index in [9.17, 15) is 9.59 Å². The molecule has 0 fully saturated rings. The first-order chi connectivity index (χ1) is 5.07. The molecule has 0 amide bonds. The van der Waals surface area contributed by atoms with Gasteiger partial charge in [-0.3, -0.25) is 4.79 Å². The number of hydrogen-bond acceptors (Lipinski definition) is 2. The van der Waals surface area contributed by atoms with Gasteiger partial charge in [-0.2, -0.15) is 0 Å². The Kier molecular flexibility index (Phi) is 3.66. The van der Waals surface area contributed by atoms with Crippen LogP contribution in [0.5, 0.6) is 0 Å². The fourth-order valence-corrected chi connectivity index (χ4v) is 0.448. The SMILES string of the molecule is C=CC(C=CC(=O)O)C(=O)O. The molecule has 60 valence electrons. The molecule has 0 aromatic heterocycles. The molecule has 0 spiro atoms. The summed E-state index contributed by atoms with van der Waals surface area (Å²) in [6.45, 7) is 3.24. The van der Waals surface area contributed by atoms with Crippen LogP contribution >= 0.6 is 0 Å². The second-order valence-electron chi connectivity index (χ2n) is 1.80. The number of hydrogen-bond donors (Lipinski definition) is 2. The van der Waals surface area contributed by atoms with Crippen LogP contribution in [0.1, 0.15) is 0 Å². The van der Waals surface area contributed by atoms with Crippen LogP contribution in [-0.2, 0) is 9.59 Å². The molecule has 2 N–H and O–H groups in total. The van der Waals surface area contributed by atoms with Gasteiger partial charge in [0, 0.05) is 6.08 Å². The lowest BCUT2D eigenvalue weighted by atomic mass is 10.1. The van der Waals surface area contributed by atoms with Crippen molar-refractivity contribution in [3.8, 4) is 0 Å². The Balaban J connectivity index is 4.19. The zero-order chi connectivity index (χ0) is 8.85. The Morgan fingerprint density at radius 2 is 1.91 bits per heavy atom. The first kappa shape index (κ1) is 9.42. The monoisotopic (exact) mass is 156 g/mol. The standard InChI is InChI=1S/C7H8O4/c1-2-5(7(10)11)3-4-6(8)9/h2-5H,1H2,(H,8,9)(H,10,11). The van der Waals surface area contributed by atoms with Crippen LogP contribution in [-0.4, -0.2) is 22.2 Å². The van der Waals surface area contributed by atoms with Crippen LogP contribution in [0.4, 0.5) is 0 Å². The summed E-state index contributed by atoms with van der Waals surface area (Å²) < 4.78 is 0. The number of carbonyl (C=O) groups is 2. The quantitative estimate of drug-likeness (QED) is 0.459. The zero-order valence-corrected chi connectivity index (χ0v) is 5.73. The van der Waals surface area contributed by atoms with Gasteiger partial charge in [0.25, 0.3) is 0 Å². The van der Waals surface area contributed by atoms with Crippen LogP contribution < -0.4 is 0 Å². The van der Waals surface area contributed by atoms with E-state index in [0.29, 0.717) is 0 Å². The average Bonchev–Trinajstić information content (AvgIpc) is 1.87. The van der Waals surface area contributed by atoms with Crippen molar-refractivity contribution in [1.29, 1.82) is 0 Å². The molecule has 11 heavy (non-hydrogen) atoms. The number of carboxylic acids is 2. The van der Waals surface area contributed by atoms with Crippen LogP contribution in [0, 0.1) is 5.92 Å². The van der Waals surface area contributed by atoms with Gasteiger partial charge >= 0.3 is 11.9 Å². The number of aliphatic carboxylic acids is 2. The van der Waals surface area contributed by atoms with Crippen molar-refractivity contribution < 1.29 is 19.8 Å². The summed E-state index contributed by atoms with van der Waals surface area (Å²) in [5, 5.41) is 16.5. The molecule has 4 nitrogen and oxygen atoms in total. The summed E-state index contributed by atoms with van der Waals surface area (Å²) in [7, 11) is 0. The van der Waals surface area contributed by atoms with Gasteiger partial charge in [0.2, 0.25) is 0 Å². The Morgan fingerprint density at radius 1 is 1.36 bits per heavy atom. The van der Waals surface area contributed by atoms with Gasteiger partial charge < -0.3 is 10.2 Å². The van der Waals surface area contributed by atoms with Crippen molar-refractivity contribution in [2.24, 2.45) is 5.92 Å². The fraction of sp³-hybridized carbons (Fsp3) is 0.143. The third-order valence-electron chi connectivity index (χ3n) is 0.985. The highest BCUT2D eigenvalue weighted by atomic mass is 16.4. The molecule has 0 saturated heterocycles. The molecule has 0 saturated carbocycles. The summed E-state index contributed by atoms with van der Waals surface area (Å²) in [5.41, 5.74) is 0. The lowest BCUT2D eigenvalue weighted by molar-refractivity contribution is -0.138. The van der Waals surface area contributed by atoms with E-state index in [1.54, 1.807) is 0 Å². The van der Waals surface area contributed by atoms with Gasteiger partial charge in [-0.1, -0.05) is 12.2 Å². The van der Waals surface area contributed by atoms with Crippen LogP contribution in [0.25, 0.3) is 0 Å². The Labute approximate surface area is 63.5 Å². The third kappa shape index (κ3) is 3.91. The highest BCUT2D eigenvalue weighted by molar-refractivity contribution is 5.82. The number of carboxylic acid groups (broad SMARTS) is 2. The zero-order valence-electron chi connectivity index (χ0n) is 5.73. The molecule has 1 unspecified atom stereocenters. The van der Waals surface area contributed by atoms with Crippen LogP contribution in [0.3, 0.4) is 0 Å². The Bertz CT molecular complexity index is 204. The van der Waals surface area contributed by atoms with Crippen molar-refractivity contribution in [2.75, 3.05) is 0 Å². The molecule has 0 rings (SSSR count). The van der Waals surface area contributed by atoms with Gasteiger partial charge in [0.1, 0.15) is 0 Å². The molecule has 0 radical (unpaired) electrons. The molecular weight excluding hydrogens is 148 g/mol. The number of rotatable bonds is 4. The fourth-order valence-electron chi connectivity index (χ4n) is 0.448. The summed E-state index contributed by atoms with van der Waals surface area (Å²) in [4.78, 5) is 20.2. The molecule has 0 aliphatic heterocycles. The maximum absolute atomic E-state index is 10.2. The second kappa shape index (κ2) is 4.27. The summed E-state index contributed by atoms with van der Waals surface area (Å²) in [5.74, 6) is -3.21. The summed E-state index contributed by atoms with van der Waals surface area (Å²) in [6, 6.07) is 0. The summed E-state index contributed by atoms with van der Waals surface area (Å²) >= 11 is 0. The molecule has 0 aromatic rings. The topological polar surface area (TPSA) is 74.6 Å². The highest BCUT2D eigenvalue weighted by Crippen LogP contribution is 1.99. The maximum Gasteiger partial charge on any atom is 0.328 e. The van der Waals surface area contributed by atoms with Gasteiger partial charge in [-0.15, -0.1) is 6.58 Å². The average molecular weight is 156 g/mol. The molecule has 0 heterocycles. The molecular formula is C7H8O4. The van der Waals surface area contributed by atoms with Gasteiger partial charge in [0.05, 0.1) is 5.92 Å². The smallest absolute Gasteiger partial charge is 0.328 e. The molecule has 4 heteroatoms. The van der Waals surface area contributed by atoms with E-state index < -0.39 is 17.9 Å². The molecule has 0 aromatic carbocycles. The van der Waals surface area contributed by atoms with Gasteiger partial charge in [0.15, 0.2) is 0 Å². The van der Waals surface area contributed by atoms with E-state index in [1.807, 2.05) is 0 Å². The van der Waals surface area contributed by atoms with Gasteiger partial charge in [-0.25, -0.2) is 4.79 Å². The minimum Gasteiger partial charge on any atom is -0.481 e. The van der Waals surface area contributed by atoms with Crippen LogP contribution in [0.2, 0.25) is 0 Å². The molecule has 0 aliphatic carbocycles. The largest absolute Gasteiger partial charge is 0.481 e. The highest BCUT2D eigenvalue weighted by Gasteiger charge is 2.08. The van der Waals surface area contributed by atoms with E-state index in [0.717, 1.165) is 18.2 Å².